The lowest BCUT2D eigenvalue weighted by molar-refractivity contribution is 0.102. The Labute approximate surface area is 116 Å². The molecule has 0 bridgehead atoms. The second-order valence-corrected chi connectivity index (χ2v) is 4.32. The van der Waals surface area contributed by atoms with Crippen LogP contribution in [0, 0.1) is 11.8 Å². The van der Waals surface area contributed by atoms with Gasteiger partial charge in [-0.3, -0.25) is 0 Å². The maximum atomic E-state index is 5.79. The van der Waals surface area contributed by atoms with Crippen molar-refractivity contribution in [3.05, 3.63) is 35.4 Å². The molecule has 1 atom stereocenters. The smallest absolute Gasteiger partial charge is 0.108 e. The van der Waals surface area contributed by atoms with E-state index in [0.717, 1.165) is 30.8 Å². The molecule has 1 rings (SSSR count). The molecule has 3 nitrogen and oxygen atoms in total. The molecule has 0 radical (unpaired) electrons. The zero-order valence-corrected chi connectivity index (χ0v) is 11.8. The molecule has 0 saturated carbocycles. The highest BCUT2D eigenvalue weighted by Gasteiger charge is 1.97. The SMILES string of the molecule is CCOCCCOCC#Cc1ccc(C(C)N)cc1. The van der Waals surface area contributed by atoms with Gasteiger partial charge >= 0.3 is 0 Å². The van der Waals surface area contributed by atoms with Crippen LogP contribution in [0.25, 0.3) is 0 Å². The Hall–Kier alpha value is -1.34. The minimum atomic E-state index is 0.0654. The van der Waals surface area contributed by atoms with E-state index in [1.807, 2.05) is 38.1 Å². The Kier molecular flexibility index (Phi) is 7.92. The molecule has 104 valence electrons. The van der Waals surface area contributed by atoms with Crippen LogP contribution < -0.4 is 5.73 Å². The average Bonchev–Trinajstić information content (AvgIpc) is 2.42. The summed E-state index contributed by atoms with van der Waals surface area (Å²) in [6.07, 6.45) is 0.915. The quantitative estimate of drug-likeness (QED) is 0.606. The highest BCUT2D eigenvalue weighted by atomic mass is 16.5. The minimum absolute atomic E-state index is 0.0654. The topological polar surface area (TPSA) is 44.5 Å². The zero-order valence-electron chi connectivity index (χ0n) is 11.8. The molecule has 0 saturated heterocycles. The van der Waals surface area contributed by atoms with Crippen molar-refractivity contribution in [2.24, 2.45) is 5.73 Å². The Morgan fingerprint density at radius 2 is 1.84 bits per heavy atom. The van der Waals surface area contributed by atoms with Crippen LogP contribution in [0.3, 0.4) is 0 Å². The van der Waals surface area contributed by atoms with Crippen molar-refractivity contribution in [2.45, 2.75) is 26.3 Å². The minimum Gasteiger partial charge on any atom is -0.382 e. The Morgan fingerprint density at radius 3 is 2.47 bits per heavy atom. The van der Waals surface area contributed by atoms with Crippen LogP contribution in [0.1, 0.15) is 37.4 Å². The molecule has 1 unspecified atom stereocenters. The maximum absolute atomic E-state index is 5.79. The van der Waals surface area contributed by atoms with Crippen LogP contribution in [-0.4, -0.2) is 26.4 Å². The van der Waals surface area contributed by atoms with Gasteiger partial charge in [-0.25, -0.2) is 0 Å². The molecule has 0 aliphatic carbocycles. The van der Waals surface area contributed by atoms with Crippen LogP contribution in [0.2, 0.25) is 0 Å². The van der Waals surface area contributed by atoms with Crippen LogP contribution in [0.4, 0.5) is 0 Å². The summed E-state index contributed by atoms with van der Waals surface area (Å²) < 4.78 is 10.6. The number of rotatable bonds is 7. The summed E-state index contributed by atoms with van der Waals surface area (Å²) in [5.74, 6) is 6.06. The van der Waals surface area contributed by atoms with Gasteiger partial charge in [-0.05, 0) is 38.0 Å². The third kappa shape index (κ3) is 6.97. The molecule has 0 fully saturated rings. The molecule has 0 aliphatic heterocycles. The van der Waals surface area contributed by atoms with E-state index in [0.29, 0.717) is 13.2 Å². The molecule has 0 aromatic heterocycles. The van der Waals surface area contributed by atoms with Crippen LogP contribution >= 0.6 is 0 Å². The zero-order chi connectivity index (χ0) is 13.9. The summed E-state index contributed by atoms with van der Waals surface area (Å²) in [5, 5.41) is 0. The lowest BCUT2D eigenvalue weighted by Gasteiger charge is -2.04. The number of nitrogens with two attached hydrogens (primary N) is 1. The number of benzene rings is 1. The van der Waals surface area contributed by atoms with E-state index in [2.05, 4.69) is 11.8 Å². The predicted molar refractivity (Wildman–Crippen MR) is 77.9 cm³/mol. The van der Waals surface area contributed by atoms with Crippen molar-refractivity contribution in [1.29, 1.82) is 0 Å². The summed E-state index contributed by atoms with van der Waals surface area (Å²) in [5.41, 5.74) is 7.90. The molecule has 3 heteroatoms. The largest absolute Gasteiger partial charge is 0.382 e. The van der Waals surface area contributed by atoms with Gasteiger partial charge in [-0.15, -0.1) is 0 Å². The van der Waals surface area contributed by atoms with Gasteiger partial charge in [0.1, 0.15) is 6.61 Å². The van der Waals surface area contributed by atoms with E-state index in [1.165, 1.54) is 0 Å². The van der Waals surface area contributed by atoms with E-state index in [1.54, 1.807) is 0 Å². The number of hydrogen-bond donors (Lipinski definition) is 1. The Bertz CT molecular complexity index is 401. The van der Waals surface area contributed by atoms with Gasteiger partial charge in [0.05, 0.1) is 6.61 Å². The first-order chi connectivity index (χ1) is 9.24. The monoisotopic (exact) mass is 261 g/mol. The average molecular weight is 261 g/mol. The highest BCUT2D eigenvalue weighted by Crippen LogP contribution is 2.09. The van der Waals surface area contributed by atoms with Gasteiger partial charge in [0.2, 0.25) is 0 Å². The molecular weight excluding hydrogens is 238 g/mol. The predicted octanol–water partition coefficient (Wildman–Crippen LogP) is 2.50. The summed E-state index contributed by atoms with van der Waals surface area (Å²) in [7, 11) is 0. The van der Waals surface area contributed by atoms with Crippen LogP contribution in [-0.2, 0) is 9.47 Å². The number of hydrogen-bond acceptors (Lipinski definition) is 3. The van der Waals surface area contributed by atoms with Gasteiger partial charge < -0.3 is 15.2 Å². The standard InChI is InChI=1S/C16H23NO2/c1-3-18-12-5-13-19-11-4-6-15-7-9-16(10-8-15)14(2)17/h7-10,14H,3,5,11-13,17H2,1-2H3. The van der Waals surface area contributed by atoms with E-state index in [4.69, 9.17) is 15.2 Å². The molecule has 0 aliphatic rings. The van der Waals surface area contributed by atoms with Crippen molar-refractivity contribution < 1.29 is 9.47 Å². The van der Waals surface area contributed by atoms with Crippen LogP contribution in [0.15, 0.2) is 24.3 Å². The van der Waals surface area contributed by atoms with E-state index in [-0.39, 0.29) is 6.04 Å². The van der Waals surface area contributed by atoms with E-state index >= 15 is 0 Å². The Morgan fingerprint density at radius 1 is 1.16 bits per heavy atom. The first-order valence-corrected chi connectivity index (χ1v) is 6.74. The van der Waals surface area contributed by atoms with Crippen molar-refractivity contribution in [2.75, 3.05) is 26.4 Å². The molecule has 0 spiro atoms. The third-order valence-electron chi connectivity index (χ3n) is 2.62. The van der Waals surface area contributed by atoms with Crippen molar-refractivity contribution in [3.8, 4) is 11.8 Å². The second kappa shape index (κ2) is 9.57. The second-order valence-electron chi connectivity index (χ2n) is 4.32. The lowest BCUT2D eigenvalue weighted by atomic mass is 10.1. The first-order valence-electron chi connectivity index (χ1n) is 6.74. The van der Waals surface area contributed by atoms with Gasteiger partial charge in [-0.2, -0.15) is 0 Å². The molecule has 2 N–H and O–H groups in total. The van der Waals surface area contributed by atoms with Crippen molar-refractivity contribution >= 4 is 0 Å². The molecule has 0 heterocycles. The first kappa shape index (κ1) is 15.7. The molecule has 0 amide bonds. The summed E-state index contributed by atoms with van der Waals surface area (Å²) >= 11 is 0. The fourth-order valence-electron chi connectivity index (χ4n) is 1.54. The summed E-state index contributed by atoms with van der Waals surface area (Å²) in [6.45, 7) is 6.62. The van der Waals surface area contributed by atoms with Gasteiger partial charge in [-0.1, -0.05) is 24.0 Å². The van der Waals surface area contributed by atoms with Crippen LogP contribution in [0.5, 0.6) is 0 Å². The third-order valence-corrected chi connectivity index (χ3v) is 2.62. The fourth-order valence-corrected chi connectivity index (χ4v) is 1.54. The molecule has 1 aromatic rings. The summed E-state index contributed by atoms with van der Waals surface area (Å²) in [4.78, 5) is 0. The molecule has 19 heavy (non-hydrogen) atoms. The Balaban J connectivity index is 2.22. The fraction of sp³-hybridized carbons (Fsp3) is 0.500. The normalized spacial score (nSPS) is 11.7. The van der Waals surface area contributed by atoms with Crippen molar-refractivity contribution in [1.82, 2.24) is 0 Å². The van der Waals surface area contributed by atoms with E-state index in [9.17, 15) is 0 Å². The maximum Gasteiger partial charge on any atom is 0.108 e. The number of ether oxygens (including phenoxy) is 2. The van der Waals surface area contributed by atoms with Gasteiger partial charge in [0.15, 0.2) is 0 Å². The highest BCUT2D eigenvalue weighted by molar-refractivity contribution is 5.36. The lowest BCUT2D eigenvalue weighted by Crippen LogP contribution is -2.04. The summed E-state index contributed by atoms with van der Waals surface area (Å²) in [6, 6.07) is 8.06. The molecule has 1 aromatic carbocycles. The van der Waals surface area contributed by atoms with E-state index < -0.39 is 0 Å². The van der Waals surface area contributed by atoms with Gasteiger partial charge in [0, 0.05) is 24.8 Å². The molecular formula is C16H23NO2. The van der Waals surface area contributed by atoms with Crippen molar-refractivity contribution in [3.63, 3.8) is 0 Å². The van der Waals surface area contributed by atoms with Gasteiger partial charge in [0.25, 0.3) is 0 Å².